The van der Waals surface area contributed by atoms with Gasteiger partial charge in [0.2, 0.25) is 0 Å². The Hall–Kier alpha value is -1.01. The highest BCUT2D eigenvalue weighted by atomic mass is 32.2. The SMILES string of the molecule is CCNc1cc(NCC2CCN(CC)CC2)nc(SC)n1. The van der Waals surface area contributed by atoms with Gasteiger partial charge in [-0.1, -0.05) is 18.7 Å². The van der Waals surface area contributed by atoms with Crippen LogP contribution in [0.15, 0.2) is 11.2 Å². The van der Waals surface area contributed by atoms with Crippen molar-refractivity contribution in [1.29, 1.82) is 0 Å². The Morgan fingerprint density at radius 3 is 2.43 bits per heavy atom. The third-order valence-electron chi connectivity index (χ3n) is 3.97. The molecule has 118 valence electrons. The average Bonchev–Trinajstić information content (AvgIpc) is 2.53. The molecule has 0 aromatic carbocycles. The largest absolute Gasteiger partial charge is 0.370 e. The molecule has 1 fully saturated rings. The van der Waals surface area contributed by atoms with E-state index in [1.54, 1.807) is 11.8 Å². The zero-order valence-electron chi connectivity index (χ0n) is 13.4. The van der Waals surface area contributed by atoms with Gasteiger partial charge in [-0.05, 0) is 51.6 Å². The number of likely N-dealkylation sites (tertiary alicyclic amines) is 1. The predicted octanol–water partition coefficient (Wildman–Crippen LogP) is 2.77. The number of hydrogen-bond acceptors (Lipinski definition) is 6. The first-order chi connectivity index (χ1) is 10.2. The topological polar surface area (TPSA) is 53.1 Å². The summed E-state index contributed by atoms with van der Waals surface area (Å²) in [5, 5.41) is 7.58. The van der Waals surface area contributed by atoms with Crippen molar-refractivity contribution >= 4 is 23.4 Å². The maximum absolute atomic E-state index is 4.54. The van der Waals surface area contributed by atoms with Gasteiger partial charge in [0, 0.05) is 19.2 Å². The standard InChI is InChI=1S/C15H27N5S/c1-4-16-13-10-14(19-15(18-13)21-3)17-11-12-6-8-20(5-2)9-7-12/h10,12H,4-9,11H2,1-3H3,(H2,16,17,18,19). The van der Waals surface area contributed by atoms with Gasteiger partial charge in [-0.3, -0.25) is 0 Å². The van der Waals surface area contributed by atoms with Crippen molar-refractivity contribution < 1.29 is 0 Å². The Morgan fingerprint density at radius 2 is 1.86 bits per heavy atom. The molecule has 0 unspecified atom stereocenters. The van der Waals surface area contributed by atoms with Crippen LogP contribution < -0.4 is 10.6 Å². The highest BCUT2D eigenvalue weighted by Crippen LogP contribution is 2.20. The lowest BCUT2D eigenvalue weighted by Gasteiger charge is -2.31. The molecule has 0 radical (unpaired) electrons. The fraction of sp³-hybridized carbons (Fsp3) is 0.733. The minimum atomic E-state index is 0.753. The molecule has 2 heterocycles. The summed E-state index contributed by atoms with van der Waals surface area (Å²) >= 11 is 1.58. The van der Waals surface area contributed by atoms with Crippen LogP contribution in [-0.2, 0) is 0 Å². The first-order valence-corrected chi connectivity index (χ1v) is 9.10. The summed E-state index contributed by atoms with van der Waals surface area (Å²) in [5.74, 6) is 2.59. The fourth-order valence-corrected chi connectivity index (χ4v) is 3.01. The molecule has 0 bridgehead atoms. The van der Waals surface area contributed by atoms with Crippen LogP contribution in [0.4, 0.5) is 11.6 Å². The van der Waals surface area contributed by atoms with E-state index in [2.05, 4.69) is 39.3 Å². The van der Waals surface area contributed by atoms with Crippen LogP contribution in [-0.4, -0.2) is 53.8 Å². The van der Waals surface area contributed by atoms with Crippen LogP contribution in [0.5, 0.6) is 0 Å². The summed E-state index contributed by atoms with van der Waals surface area (Å²) in [5.41, 5.74) is 0. The van der Waals surface area contributed by atoms with Gasteiger partial charge in [0.05, 0.1) is 0 Å². The molecule has 0 saturated carbocycles. The monoisotopic (exact) mass is 309 g/mol. The van der Waals surface area contributed by atoms with Crippen molar-refractivity contribution in [2.24, 2.45) is 5.92 Å². The number of rotatable bonds is 7. The molecule has 2 rings (SSSR count). The molecule has 21 heavy (non-hydrogen) atoms. The highest BCUT2D eigenvalue weighted by Gasteiger charge is 2.18. The van der Waals surface area contributed by atoms with Gasteiger partial charge in [-0.2, -0.15) is 0 Å². The van der Waals surface area contributed by atoms with E-state index in [-0.39, 0.29) is 0 Å². The van der Waals surface area contributed by atoms with Gasteiger partial charge >= 0.3 is 0 Å². The lowest BCUT2D eigenvalue weighted by molar-refractivity contribution is 0.198. The highest BCUT2D eigenvalue weighted by molar-refractivity contribution is 7.98. The third-order valence-corrected chi connectivity index (χ3v) is 4.52. The number of piperidine rings is 1. The molecule has 0 atom stereocenters. The number of hydrogen-bond donors (Lipinski definition) is 2. The zero-order chi connectivity index (χ0) is 15.1. The van der Waals surface area contributed by atoms with Gasteiger partial charge in [0.25, 0.3) is 0 Å². The second-order valence-corrected chi connectivity index (χ2v) is 6.19. The molecular weight excluding hydrogens is 282 g/mol. The Kier molecular flexibility index (Phi) is 6.57. The minimum absolute atomic E-state index is 0.753. The second kappa shape index (κ2) is 8.44. The van der Waals surface area contributed by atoms with Gasteiger partial charge in [0.1, 0.15) is 11.6 Å². The first kappa shape index (κ1) is 16.4. The average molecular weight is 309 g/mol. The number of anilines is 2. The van der Waals surface area contributed by atoms with E-state index >= 15 is 0 Å². The molecule has 1 aromatic rings. The van der Waals surface area contributed by atoms with Crippen molar-refractivity contribution in [3.05, 3.63) is 6.07 Å². The van der Waals surface area contributed by atoms with Crippen LogP contribution in [0.3, 0.4) is 0 Å². The molecule has 1 aliphatic heterocycles. The van der Waals surface area contributed by atoms with Crippen molar-refractivity contribution in [2.45, 2.75) is 31.8 Å². The second-order valence-electron chi connectivity index (χ2n) is 5.41. The fourth-order valence-electron chi connectivity index (χ4n) is 2.63. The van der Waals surface area contributed by atoms with Crippen LogP contribution in [0.1, 0.15) is 26.7 Å². The molecule has 1 aromatic heterocycles. The van der Waals surface area contributed by atoms with Crippen LogP contribution in [0.25, 0.3) is 0 Å². The van der Waals surface area contributed by atoms with E-state index in [4.69, 9.17) is 0 Å². The Bertz CT molecular complexity index is 432. The molecule has 2 N–H and O–H groups in total. The van der Waals surface area contributed by atoms with E-state index in [0.717, 1.165) is 35.8 Å². The molecule has 0 amide bonds. The van der Waals surface area contributed by atoms with Crippen molar-refractivity contribution in [3.63, 3.8) is 0 Å². The Morgan fingerprint density at radius 1 is 1.19 bits per heavy atom. The molecule has 6 heteroatoms. The van der Waals surface area contributed by atoms with E-state index in [9.17, 15) is 0 Å². The van der Waals surface area contributed by atoms with Gasteiger partial charge < -0.3 is 15.5 Å². The van der Waals surface area contributed by atoms with Crippen LogP contribution >= 0.6 is 11.8 Å². The number of nitrogens with one attached hydrogen (secondary N) is 2. The van der Waals surface area contributed by atoms with E-state index in [1.165, 1.54) is 32.5 Å². The molecule has 0 aliphatic carbocycles. The van der Waals surface area contributed by atoms with Crippen molar-refractivity contribution in [1.82, 2.24) is 14.9 Å². The number of nitrogens with zero attached hydrogens (tertiary/aromatic N) is 3. The predicted molar refractivity (Wildman–Crippen MR) is 91.3 cm³/mol. The van der Waals surface area contributed by atoms with Gasteiger partial charge in [-0.15, -0.1) is 0 Å². The summed E-state index contributed by atoms with van der Waals surface area (Å²) in [4.78, 5) is 11.5. The summed E-state index contributed by atoms with van der Waals surface area (Å²) in [6, 6.07) is 2.00. The molecule has 1 saturated heterocycles. The summed E-state index contributed by atoms with van der Waals surface area (Å²) < 4.78 is 0. The smallest absolute Gasteiger partial charge is 0.191 e. The summed E-state index contributed by atoms with van der Waals surface area (Å²) in [7, 11) is 0. The third kappa shape index (κ3) is 5.04. The maximum atomic E-state index is 4.54. The maximum Gasteiger partial charge on any atom is 0.191 e. The van der Waals surface area contributed by atoms with E-state index in [1.807, 2.05) is 12.3 Å². The minimum Gasteiger partial charge on any atom is -0.370 e. The lowest BCUT2D eigenvalue weighted by Crippen LogP contribution is -2.35. The summed E-state index contributed by atoms with van der Waals surface area (Å²) in [6.45, 7) is 9.83. The summed E-state index contributed by atoms with van der Waals surface area (Å²) in [6.07, 6.45) is 4.57. The molecule has 1 aliphatic rings. The van der Waals surface area contributed by atoms with Crippen molar-refractivity contribution in [2.75, 3.05) is 49.6 Å². The number of aromatic nitrogens is 2. The first-order valence-electron chi connectivity index (χ1n) is 7.88. The van der Waals surface area contributed by atoms with Gasteiger partial charge in [-0.25, -0.2) is 9.97 Å². The lowest BCUT2D eigenvalue weighted by atomic mass is 9.97. The molecular formula is C15H27N5S. The number of thioether (sulfide) groups is 1. The quantitative estimate of drug-likeness (QED) is 0.597. The van der Waals surface area contributed by atoms with Crippen LogP contribution in [0, 0.1) is 5.92 Å². The normalized spacial score (nSPS) is 16.9. The van der Waals surface area contributed by atoms with Gasteiger partial charge in [0.15, 0.2) is 5.16 Å². The molecule has 5 nitrogen and oxygen atoms in total. The van der Waals surface area contributed by atoms with E-state index < -0.39 is 0 Å². The zero-order valence-corrected chi connectivity index (χ0v) is 14.2. The van der Waals surface area contributed by atoms with Crippen molar-refractivity contribution in [3.8, 4) is 0 Å². The molecule has 0 spiro atoms. The Balaban J connectivity index is 1.89. The Labute approximate surface area is 132 Å². The van der Waals surface area contributed by atoms with Crippen LogP contribution in [0.2, 0.25) is 0 Å². The van der Waals surface area contributed by atoms with E-state index in [0.29, 0.717) is 0 Å².